The summed E-state index contributed by atoms with van der Waals surface area (Å²) in [5, 5.41) is 13.2. The Hall–Kier alpha value is -3.33. The zero-order valence-electron chi connectivity index (χ0n) is 16.4. The van der Waals surface area contributed by atoms with E-state index < -0.39 is 24.0 Å². The second-order valence-electron chi connectivity index (χ2n) is 6.72. The first-order valence-electron chi connectivity index (χ1n) is 9.21. The SMILES string of the molecule is Cc1nonc1C(=O)N1CCOC[C@@H]1CNC(=O)c1ccc(-c2noc(C(F)(F)F)n2)s1. The number of nitrogens with zero attached hydrogens (tertiary/aromatic N) is 5. The predicted octanol–water partition coefficient (Wildman–Crippen LogP) is 1.78. The van der Waals surface area contributed by atoms with Gasteiger partial charge in [-0.1, -0.05) is 10.3 Å². The highest BCUT2D eigenvalue weighted by Gasteiger charge is 2.38. The number of carbonyl (C=O) groups is 2. The average molecular weight is 472 g/mol. The van der Waals surface area contributed by atoms with Gasteiger partial charge in [-0.3, -0.25) is 9.59 Å². The van der Waals surface area contributed by atoms with Gasteiger partial charge in [-0.2, -0.15) is 18.2 Å². The van der Waals surface area contributed by atoms with Crippen molar-refractivity contribution in [3.8, 4) is 10.7 Å². The third kappa shape index (κ3) is 4.47. The quantitative estimate of drug-likeness (QED) is 0.589. The maximum absolute atomic E-state index is 12.7. The lowest BCUT2D eigenvalue weighted by Crippen LogP contribution is -2.53. The Bertz CT molecular complexity index is 1130. The Labute approximate surface area is 181 Å². The van der Waals surface area contributed by atoms with E-state index in [1.54, 1.807) is 6.92 Å². The number of aryl methyl sites for hydroxylation is 1. The molecule has 1 atom stereocenters. The number of alkyl halides is 3. The van der Waals surface area contributed by atoms with Gasteiger partial charge in [0.15, 0.2) is 5.69 Å². The van der Waals surface area contributed by atoms with Crippen molar-refractivity contribution < 1.29 is 36.6 Å². The van der Waals surface area contributed by atoms with E-state index in [2.05, 4.69) is 34.9 Å². The van der Waals surface area contributed by atoms with Crippen molar-refractivity contribution in [2.24, 2.45) is 0 Å². The number of carbonyl (C=O) groups excluding carboxylic acids is 2. The fraction of sp³-hybridized carbons (Fsp3) is 0.412. The van der Waals surface area contributed by atoms with Crippen LogP contribution in [0.2, 0.25) is 0 Å². The van der Waals surface area contributed by atoms with Crippen LogP contribution in [0.5, 0.6) is 0 Å². The van der Waals surface area contributed by atoms with Crippen LogP contribution in [-0.4, -0.2) is 69.5 Å². The summed E-state index contributed by atoms with van der Waals surface area (Å²) in [6.07, 6.45) is -4.76. The van der Waals surface area contributed by atoms with Crippen molar-refractivity contribution >= 4 is 23.2 Å². The first-order chi connectivity index (χ1) is 15.2. The van der Waals surface area contributed by atoms with E-state index in [4.69, 9.17) is 4.74 Å². The first kappa shape index (κ1) is 21.9. The summed E-state index contributed by atoms with van der Waals surface area (Å²) in [5.74, 6) is -2.60. The van der Waals surface area contributed by atoms with Crippen LogP contribution in [0.15, 0.2) is 21.3 Å². The number of aromatic nitrogens is 4. The molecule has 3 aromatic heterocycles. The number of halogens is 3. The molecule has 1 fully saturated rings. The Morgan fingerprint density at radius 2 is 2.09 bits per heavy atom. The number of nitrogens with one attached hydrogen (secondary N) is 1. The molecule has 32 heavy (non-hydrogen) atoms. The molecule has 0 radical (unpaired) electrons. The zero-order chi connectivity index (χ0) is 22.9. The number of thiophene rings is 1. The molecule has 1 N–H and O–H groups in total. The molecule has 1 aliphatic heterocycles. The molecule has 15 heteroatoms. The van der Waals surface area contributed by atoms with E-state index in [0.29, 0.717) is 18.8 Å². The Balaban J connectivity index is 1.40. The van der Waals surface area contributed by atoms with Crippen LogP contribution in [0, 0.1) is 6.92 Å². The van der Waals surface area contributed by atoms with Gasteiger partial charge in [-0.15, -0.1) is 11.3 Å². The summed E-state index contributed by atoms with van der Waals surface area (Å²) in [6.45, 7) is 2.52. The van der Waals surface area contributed by atoms with E-state index in [9.17, 15) is 22.8 Å². The molecule has 0 aliphatic carbocycles. The van der Waals surface area contributed by atoms with Gasteiger partial charge in [-0.25, -0.2) is 4.63 Å². The maximum Gasteiger partial charge on any atom is 0.471 e. The number of amides is 2. The van der Waals surface area contributed by atoms with Gasteiger partial charge in [0.25, 0.3) is 11.8 Å². The van der Waals surface area contributed by atoms with Crippen LogP contribution in [0.3, 0.4) is 0 Å². The van der Waals surface area contributed by atoms with Crippen molar-refractivity contribution in [3.63, 3.8) is 0 Å². The van der Waals surface area contributed by atoms with Crippen LogP contribution in [0.4, 0.5) is 13.2 Å². The summed E-state index contributed by atoms with van der Waals surface area (Å²) in [7, 11) is 0. The minimum atomic E-state index is -4.76. The second-order valence-corrected chi connectivity index (χ2v) is 7.80. The smallest absolute Gasteiger partial charge is 0.377 e. The highest BCUT2D eigenvalue weighted by atomic mass is 32.1. The van der Waals surface area contributed by atoms with Crippen LogP contribution in [-0.2, 0) is 10.9 Å². The molecule has 4 rings (SSSR count). The number of ether oxygens (including phenoxy) is 1. The van der Waals surface area contributed by atoms with Crippen molar-refractivity contribution in [1.29, 1.82) is 0 Å². The molecular weight excluding hydrogens is 457 g/mol. The van der Waals surface area contributed by atoms with Crippen molar-refractivity contribution in [2.45, 2.75) is 19.1 Å². The molecule has 3 aromatic rings. The fourth-order valence-corrected chi connectivity index (χ4v) is 3.82. The molecule has 11 nitrogen and oxygen atoms in total. The molecule has 170 valence electrons. The topological polar surface area (TPSA) is 136 Å². The molecule has 1 aliphatic rings. The van der Waals surface area contributed by atoms with Gasteiger partial charge < -0.3 is 19.5 Å². The van der Waals surface area contributed by atoms with E-state index in [1.165, 1.54) is 17.0 Å². The molecular formula is C17H15F3N6O5S. The lowest BCUT2D eigenvalue weighted by atomic mass is 10.2. The second kappa shape index (κ2) is 8.66. The minimum Gasteiger partial charge on any atom is -0.377 e. The summed E-state index contributed by atoms with van der Waals surface area (Å²) in [5.41, 5.74) is 0.440. The Morgan fingerprint density at radius 1 is 1.28 bits per heavy atom. The molecule has 4 heterocycles. The fourth-order valence-electron chi connectivity index (χ4n) is 2.97. The third-order valence-corrected chi connectivity index (χ3v) is 5.64. The van der Waals surface area contributed by atoms with Gasteiger partial charge in [0, 0.05) is 13.1 Å². The minimum absolute atomic E-state index is 0.0859. The number of rotatable bonds is 5. The molecule has 0 saturated carbocycles. The van der Waals surface area contributed by atoms with E-state index in [1.807, 2.05) is 0 Å². The molecule has 1 saturated heterocycles. The average Bonchev–Trinajstić information content (AvgIpc) is 3.51. The van der Waals surface area contributed by atoms with Crippen LogP contribution < -0.4 is 5.32 Å². The van der Waals surface area contributed by atoms with Gasteiger partial charge in [0.2, 0.25) is 5.82 Å². The number of hydrogen-bond acceptors (Lipinski definition) is 10. The standard InChI is InChI=1S/C17H15F3N6O5S/c1-8-12(24-31-23-8)15(28)26-4-5-29-7-9(26)6-21-14(27)11-3-2-10(32-11)13-22-16(30-25-13)17(18,19)20/h2-3,9H,4-7H2,1H3,(H,21,27)/t9-/m0/s1. The highest BCUT2D eigenvalue weighted by Crippen LogP contribution is 2.31. The van der Waals surface area contributed by atoms with E-state index in [-0.39, 0.29) is 40.3 Å². The van der Waals surface area contributed by atoms with Gasteiger partial charge in [-0.05, 0) is 24.2 Å². The third-order valence-electron chi connectivity index (χ3n) is 4.56. The molecule has 2 amide bonds. The van der Waals surface area contributed by atoms with Crippen molar-refractivity contribution in [2.75, 3.05) is 26.3 Å². The van der Waals surface area contributed by atoms with Crippen LogP contribution in [0.25, 0.3) is 10.7 Å². The largest absolute Gasteiger partial charge is 0.471 e. The monoisotopic (exact) mass is 472 g/mol. The summed E-state index contributed by atoms with van der Waals surface area (Å²) < 4.78 is 52.1. The van der Waals surface area contributed by atoms with E-state index in [0.717, 1.165) is 11.3 Å². The molecule has 0 bridgehead atoms. The maximum atomic E-state index is 12.7. The normalized spacial score (nSPS) is 16.9. The van der Waals surface area contributed by atoms with Crippen molar-refractivity contribution in [3.05, 3.63) is 34.3 Å². The Morgan fingerprint density at radius 3 is 2.78 bits per heavy atom. The molecule has 0 unspecified atom stereocenters. The van der Waals surface area contributed by atoms with Crippen LogP contribution in [0.1, 0.15) is 31.7 Å². The van der Waals surface area contributed by atoms with E-state index >= 15 is 0 Å². The predicted molar refractivity (Wildman–Crippen MR) is 99.6 cm³/mol. The first-order valence-corrected chi connectivity index (χ1v) is 10.0. The lowest BCUT2D eigenvalue weighted by Gasteiger charge is -2.35. The zero-order valence-corrected chi connectivity index (χ0v) is 17.2. The highest BCUT2D eigenvalue weighted by molar-refractivity contribution is 7.17. The Kier molecular flexibility index (Phi) is 5.92. The van der Waals surface area contributed by atoms with Crippen molar-refractivity contribution in [1.82, 2.24) is 30.7 Å². The summed E-state index contributed by atoms with van der Waals surface area (Å²) in [6, 6.07) is 2.40. The summed E-state index contributed by atoms with van der Waals surface area (Å²) >= 11 is 0.905. The lowest BCUT2D eigenvalue weighted by molar-refractivity contribution is -0.159. The van der Waals surface area contributed by atoms with Gasteiger partial charge >= 0.3 is 12.1 Å². The molecule has 0 spiro atoms. The number of morpholine rings is 1. The number of hydrogen-bond donors (Lipinski definition) is 1. The van der Waals surface area contributed by atoms with Gasteiger partial charge in [0.05, 0.1) is 29.0 Å². The van der Waals surface area contributed by atoms with Gasteiger partial charge in [0.1, 0.15) is 5.69 Å². The molecule has 0 aromatic carbocycles. The summed E-state index contributed by atoms with van der Waals surface area (Å²) in [4.78, 5) is 30.5. The van der Waals surface area contributed by atoms with Crippen LogP contribution >= 0.6 is 11.3 Å².